The Hall–Kier alpha value is -1.99. The fourth-order valence-electron chi connectivity index (χ4n) is 3.21. The molecule has 7 heteroatoms. The van der Waals surface area contributed by atoms with Gasteiger partial charge < -0.3 is 4.98 Å². The van der Waals surface area contributed by atoms with Gasteiger partial charge in [0.1, 0.15) is 5.82 Å². The lowest BCUT2D eigenvalue weighted by atomic mass is 10.1. The molecule has 3 saturated heterocycles. The van der Waals surface area contributed by atoms with E-state index in [4.69, 9.17) is 0 Å². The van der Waals surface area contributed by atoms with E-state index in [0.717, 1.165) is 44.1 Å². The van der Waals surface area contributed by atoms with Crippen molar-refractivity contribution in [3.8, 4) is 11.3 Å². The van der Waals surface area contributed by atoms with E-state index in [1.54, 1.807) is 10.9 Å². The topological polar surface area (TPSA) is 70.1 Å². The van der Waals surface area contributed by atoms with Gasteiger partial charge >= 0.3 is 0 Å². The van der Waals surface area contributed by atoms with Gasteiger partial charge in [-0.3, -0.25) is 19.3 Å². The zero-order valence-corrected chi connectivity index (χ0v) is 12.0. The Bertz CT molecular complexity index is 712. The Morgan fingerprint density at radius 1 is 1.29 bits per heavy atom. The Kier molecular flexibility index (Phi) is 2.90. The van der Waals surface area contributed by atoms with Crippen molar-refractivity contribution < 1.29 is 0 Å². The van der Waals surface area contributed by atoms with E-state index in [1.807, 2.05) is 13.2 Å². The molecule has 21 heavy (non-hydrogen) atoms. The number of H-pyrrole nitrogens is 1. The molecule has 3 fully saturated rings. The first-order valence-electron chi connectivity index (χ1n) is 7.26. The van der Waals surface area contributed by atoms with Crippen LogP contribution in [-0.4, -0.2) is 62.3 Å². The Labute approximate surface area is 122 Å². The minimum atomic E-state index is -0.100. The van der Waals surface area contributed by atoms with E-state index >= 15 is 0 Å². The molecule has 5 heterocycles. The second kappa shape index (κ2) is 4.78. The summed E-state index contributed by atoms with van der Waals surface area (Å²) in [6.45, 7) is 5.27. The molecule has 1 atom stereocenters. The van der Waals surface area contributed by atoms with Gasteiger partial charge in [0.05, 0.1) is 17.9 Å². The van der Waals surface area contributed by atoms with Crippen LogP contribution in [0.1, 0.15) is 11.9 Å². The highest BCUT2D eigenvalue weighted by Crippen LogP contribution is 2.27. The molecule has 2 bridgehead atoms. The average molecular weight is 286 g/mol. The average Bonchev–Trinajstić information content (AvgIpc) is 2.94. The summed E-state index contributed by atoms with van der Waals surface area (Å²) in [5.41, 5.74) is 1.47. The first-order valence-corrected chi connectivity index (χ1v) is 7.26. The van der Waals surface area contributed by atoms with Crippen LogP contribution in [-0.2, 0) is 7.05 Å². The standard InChI is InChI=1S/C14H18N6O/c1-18-8-10(7-15-18)11-6-13(21)17-14(16-11)12-9-19-2-4-20(12)5-3-19/h6-8,12H,2-5,9H2,1H3,(H,16,17,21). The van der Waals surface area contributed by atoms with Gasteiger partial charge in [0.25, 0.3) is 5.56 Å². The normalized spacial score (nSPS) is 28.0. The fourth-order valence-corrected chi connectivity index (χ4v) is 3.21. The number of nitrogens with one attached hydrogen (secondary N) is 1. The first kappa shape index (κ1) is 12.7. The van der Waals surface area contributed by atoms with Gasteiger partial charge in [0.15, 0.2) is 0 Å². The summed E-state index contributed by atoms with van der Waals surface area (Å²) in [5.74, 6) is 0.769. The minimum Gasteiger partial charge on any atom is -0.309 e. The lowest BCUT2D eigenvalue weighted by Crippen LogP contribution is -2.57. The van der Waals surface area contributed by atoms with Crippen molar-refractivity contribution in [2.45, 2.75) is 6.04 Å². The summed E-state index contributed by atoms with van der Waals surface area (Å²) in [4.78, 5) is 24.4. The maximum atomic E-state index is 12.0. The molecule has 0 spiro atoms. The van der Waals surface area contributed by atoms with Gasteiger partial charge in [-0.15, -0.1) is 0 Å². The van der Waals surface area contributed by atoms with Crippen LogP contribution in [0.3, 0.4) is 0 Å². The number of aromatic nitrogens is 4. The monoisotopic (exact) mass is 286 g/mol. The van der Waals surface area contributed by atoms with Crippen LogP contribution in [0.2, 0.25) is 0 Å². The number of piperazine rings is 3. The number of rotatable bonds is 2. The molecule has 0 saturated carbocycles. The lowest BCUT2D eigenvalue weighted by molar-refractivity contribution is 0.00860. The molecule has 1 N–H and O–H groups in total. The smallest absolute Gasteiger partial charge is 0.251 e. The lowest BCUT2D eigenvalue weighted by Gasteiger charge is -2.46. The largest absolute Gasteiger partial charge is 0.309 e. The Balaban J connectivity index is 1.73. The van der Waals surface area contributed by atoms with Crippen LogP contribution in [0.25, 0.3) is 11.3 Å². The van der Waals surface area contributed by atoms with Crippen molar-refractivity contribution in [2.24, 2.45) is 7.05 Å². The second-order valence-corrected chi connectivity index (χ2v) is 5.77. The van der Waals surface area contributed by atoms with E-state index < -0.39 is 0 Å². The molecule has 7 nitrogen and oxygen atoms in total. The molecule has 110 valence electrons. The zero-order chi connectivity index (χ0) is 14.4. The zero-order valence-electron chi connectivity index (χ0n) is 12.0. The molecule has 0 aliphatic carbocycles. The summed E-state index contributed by atoms with van der Waals surface area (Å²) < 4.78 is 1.72. The van der Waals surface area contributed by atoms with Gasteiger partial charge in [-0.25, -0.2) is 4.98 Å². The van der Waals surface area contributed by atoms with E-state index in [9.17, 15) is 4.79 Å². The number of fused-ring (bicyclic) bond motifs is 3. The van der Waals surface area contributed by atoms with E-state index in [0.29, 0.717) is 5.69 Å². The maximum absolute atomic E-state index is 12.0. The quantitative estimate of drug-likeness (QED) is 0.831. The number of aromatic amines is 1. The van der Waals surface area contributed by atoms with E-state index in [-0.39, 0.29) is 11.6 Å². The van der Waals surface area contributed by atoms with Crippen molar-refractivity contribution in [3.63, 3.8) is 0 Å². The molecular formula is C14H18N6O. The van der Waals surface area contributed by atoms with Crippen molar-refractivity contribution in [3.05, 3.63) is 34.6 Å². The van der Waals surface area contributed by atoms with Gasteiger partial charge in [-0.2, -0.15) is 5.10 Å². The highest BCUT2D eigenvalue weighted by atomic mass is 16.1. The van der Waals surface area contributed by atoms with Crippen LogP contribution in [0.4, 0.5) is 0 Å². The predicted molar refractivity (Wildman–Crippen MR) is 77.8 cm³/mol. The molecule has 2 aromatic heterocycles. The predicted octanol–water partition coefficient (Wildman–Crippen LogP) is -0.157. The summed E-state index contributed by atoms with van der Waals surface area (Å²) >= 11 is 0. The van der Waals surface area contributed by atoms with Crippen molar-refractivity contribution in [1.29, 1.82) is 0 Å². The highest BCUT2D eigenvalue weighted by molar-refractivity contribution is 5.56. The van der Waals surface area contributed by atoms with Crippen molar-refractivity contribution in [1.82, 2.24) is 29.5 Å². The van der Waals surface area contributed by atoms with E-state index in [2.05, 4.69) is 24.9 Å². The van der Waals surface area contributed by atoms with Gasteiger partial charge in [0.2, 0.25) is 0 Å². The third-order valence-corrected chi connectivity index (χ3v) is 4.36. The Morgan fingerprint density at radius 3 is 2.71 bits per heavy atom. The third-order valence-electron chi connectivity index (χ3n) is 4.36. The molecule has 1 unspecified atom stereocenters. The highest BCUT2D eigenvalue weighted by Gasteiger charge is 2.34. The number of hydrogen-bond acceptors (Lipinski definition) is 5. The molecule has 3 aliphatic rings. The first-order chi connectivity index (χ1) is 10.2. The SMILES string of the molecule is Cn1cc(-c2cc(=O)[nH]c(C3CN4CCN3CC4)n2)cn1. The molecule has 5 rings (SSSR count). The van der Waals surface area contributed by atoms with Crippen LogP contribution in [0.5, 0.6) is 0 Å². The summed E-state index contributed by atoms with van der Waals surface area (Å²) in [6, 6.07) is 1.73. The Morgan fingerprint density at radius 2 is 2.10 bits per heavy atom. The molecule has 3 aliphatic heterocycles. The second-order valence-electron chi connectivity index (χ2n) is 5.77. The maximum Gasteiger partial charge on any atom is 0.251 e. The fraction of sp³-hybridized carbons (Fsp3) is 0.500. The number of hydrogen-bond donors (Lipinski definition) is 1. The molecule has 2 aromatic rings. The molecule has 0 radical (unpaired) electrons. The van der Waals surface area contributed by atoms with E-state index in [1.165, 1.54) is 6.07 Å². The summed E-state index contributed by atoms with van der Waals surface area (Å²) in [7, 11) is 1.86. The van der Waals surface area contributed by atoms with Crippen LogP contribution in [0.15, 0.2) is 23.3 Å². The van der Waals surface area contributed by atoms with Gasteiger partial charge in [-0.1, -0.05) is 0 Å². The van der Waals surface area contributed by atoms with Crippen LogP contribution < -0.4 is 5.56 Å². The number of nitrogens with zero attached hydrogens (tertiary/aromatic N) is 5. The summed E-state index contributed by atoms with van der Waals surface area (Å²) in [6.07, 6.45) is 3.62. The van der Waals surface area contributed by atoms with Gasteiger partial charge in [-0.05, 0) is 0 Å². The third kappa shape index (κ3) is 2.28. The molecule has 0 amide bonds. The molecule has 0 aromatic carbocycles. The molecular weight excluding hydrogens is 268 g/mol. The van der Waals surface area contributed by atoms with Crippen molar-refractivity contribution >= 4 is 0 Å². The van der Waals surface area contributed by atoms with Crippen molar-refractivity contribution in [2.75, 3.05) is 32.7 Å². The number of aryl methyl sites for hydroxylation is 1. The van der Waals surface area contributed by atoms with Gasteiger partial charge in [0, 0.05) is 57.6 Å². The van der Waals surface area contributed by atoms with Crippen LogP contribution in [0, 0.1) is 0 Å². The summed E-state index contributed by atoms with van der Waals surface area (Å²) in [5, 5.41) is 4.15. The minimum absolute atomic E-state index is 0.100. The van der Waals surface area contributed by atoms with Crippen LogP contribution >= 0.6 is 0 Å².